The summed E-state index contributed by atoms with van der Waals surface area (Å²) >= 11 is 0. The van der Waals surface area contributed by atoms with Crippen molar-refractivity contribution < 1.29 is 18.7 Å². The molecule has 0 saturated heterocycles. The first kappa shape index (κ1) is 23.5. The fourth-order valence-corrected chi connectivity index (χ4v) is 4.08. The molecule has 5 nitrogen and oxygen atoms in total. The molecule has 0 aliphatic carbocycles. The Labute approximate surface area is 199 Å². The maximum absolute atomic E-state index is 13.4. The number of rotatable bonds is 5. The van der Waals surface area contributed by atoms with Gasteiger partial charge in [0.05, 0.1) is 0 Å². The van der Waals surface area contributed by atoms with E-state index in [-0.39, 0.29) is 23.0 Å². The number of amides is 2. The highest BCUT2D eigenvalue weighted by molar-refractivity contribution is 5.95. The molecule has 0 radical (unpaired) electrons. The van der Waals surface area contributed by atoms with Crippen LogP contribution in [0.2, 0.25) is 0 Å². The first-order valence-electron chi connectivity index (χ1n) is 11.3. The van der Waals surface area contributed by atoms with E-state index in [4.69, 9.17) is 4.74 Å². The third-order valence-electron chi connectivity index (χ3n) is 5.87. The Morgan fingerprint density at radius 2 is 1.68 bits per heavy atom. The van der Waals surface area contributed by atoms with Crippen molar-refractivity contribution in [1.29, 1.82) is 0 Å². The van der Waals surface area contributed by atoms with E-state index in [2.05, 4.69) is 31.4 Å². The monoisotopic (exact) mass is 460 g/mol. The molecule has 1 aliphatic heterocycles. The average molecular weight is 461 g/mol. The summed E-state index contributed by atoms with van der Waals surface area (Å²) in [6.07, 6.45) is -0.555. The minimum Gasteiger partial charge on any atom is -0.484 e. The molecule has 34 heavy (non-hydrogen) atoms. The van der Waals surface area contributed by atoms with E-state index >= 15 is 0 Å². The van der Waals surface area contributed by atoms with Crippen molar-refractivity contribution in [2.75, 3.05) is 13.6 Å². The lowest BCUT2D eigenvalue weighted by molar-refractivity contribution is -0.123. The Balaban J connectivity index is 1.66. The van der Waals surface area contributed by atoms with Crippen molar-refractivity contribution in [3.8, 4) is 16.9 Å². The van der Waals surface area contributed by atoms with Gasteiger partial charge in [0, 0.05) is 24.7 Å². The van der Waals surface area contributed by atoms with Crippen LogP contribution in [-0.2, 0) is 4.79 Å². The topological polar surface area (TPSA) is 67.4 Å². The largest absolute Gasteiger partial charge is 0.484 e. The molecule has 6 heteroatoms. The van der Waals surface area contributed by atoms with Gasteiger partial charge in [-0.2, -0.15) is 0 Å². The van der Waals surface area contributed by atoms with Gasteiger partial charge in [0.15, 0.2) is 0 Å². The van der Waals surface area contributed by atoms with Gasteiger partial charge in [-0.15, -0.1) is 0 Å². The summed E-state index contributed by atoms with van der Waals surface area (Å²) in [7, 11) is 1.59. The number of fused-ring (bicyclic) bond motifs is 1. The summed E-state index contributed by atoms with van der Waals surface area (Å²) in [4.78, 5) is 25.5. The van der Waals surface area contributed by atoms with Crippen LogP contribution >= 0.6 is 0 Å². The van der Waals surface area contributed by atoms with E-state index in [0.717, 1.165) is 22.3 Å². The van der Waals surface area contributed by atoms with Gasteiger partial charge in [-0.05, 0) is 58.5 Å². The highest BCUT2D eigenvalue weighted by atomic mass is 19.1. The molecule has 2 atom stereocenters. The van der Waals surface area contributed by atoms with Crippen molar-refractivity contribution in [3.05, 3.63) is 89.2 Å². The van der Waals surface area contributed by atoms with Gasteiger partial charge in [-0.25, -0.2) is 4.39 Å². The van der Waals surface area contributed by atoms with Gasteiger partial charge >= 0.3 is 0 Å². The maximum atomic E-state index is 13.4. The molecule has 0 aromatic heterocycles. The van der Waals surface area contributed by atoms with Crippen LogP contribution in [0.4, 0.5) is 4.39 Å². The molecule has 4 rings (SSSR count). The number of likely N-dealkylation sites (N-methyl/N-ethyl adjacent to an activating group) is 1. The number of nitrogens with one attached hydrogen (secondary N) is 2. The minimum absolute atomic E-state index is 0.0107. The molecule has 1 heterocycles. The smallest absolute Gasteiger partial charge is 0.251 e. The molecule has 0 bridgehead atoms. The molecular weight excluding hydrogens is 431 g/mol. The predicted molar refractivity (Wildman–Crippen MR) is 130 cm³/mol. The van der Waals surface area contributed by atoms with Gasteiger partial charge < -0.3 is 15.4 Å². The number of halogens is 1. The Hall–Kier alpha value is -3.67. The van der Waals surface area contributed by atoms with E-state index in [0.29, 0.717) is 17.9 Å². The molecule has 176 valence electrons. The standard InChI is InChI=1S/C28H29FN2O3/c1-28(2,3)16-31-26(32)20-7-5-6-18(14-20)19-10-13-23-22(15-19)24(27(33)30-4)25(34-23)17-8-11-21(29)12-9-17/h5-15,24-25H,16H2,1-4H3,(H,30,33)(H,31,32). The van der Waals surface area contributed by atoms with Crippen LogP contribution in [0.15, 0.2) is 66.7 Å². The van der Waals surface area contributed by atoms with Crippen LogP contribution in [-0.4, -0.2) is 25.4 Å². The summed E-state index contributed by atoms with van der Waals surface area (Å²) in [5, 5.41) is 5.70. The third kappa shape index (κ3) is 4.96. The van der Waals surface area contributed by atoms with E-state index in [9.17, 15) is 14.0 Å². The van der Waals surface area contributed by atoms with E-state index in [1.165, 1.54) is 12.1 Å². The van der Waals surface area contributed by atoms with E-state index in [1.54, 1.807) is 25.2 Å². The van der Waals surface area contributed by atoms with Gasteiger partial charge in [-0.3, -0.25) is 9.59 Å². The SMILES string of the molecule is CNC(=O)C1c2cc(-c3cccc(C(=O)NCC(C)(C)C)c3)ccc2OC1c1ccc(F)cc1. The molecule has 0 saturated carbocycles. The number of carbonyl (C=O) groups excluding carboxylic acids is 2. The second-order valence-corrected chi connectivity index (χ2v) is 9.76. The highest BCUT2D eigenvalue weighted by Gasteiger charge is 2.40. The lowest BCUT2D eigenvalue weighted by Crippen LogP contribution is -2.32. The molecular formula is C28H29FN2O3. The van der Waals surface area contributed by atoms with Crippen molar-refractivity contribution in [3.63, 3.8) is 0 Å². The summed E-state index contributed by atoms with van der Waals surface area (Å²) in [5.74, 6) is -0.611. The summed E-state index contributed by atoms with van der Waals surface area (Å²) in [6, 6.07) is 19.1. The number of hydrogen-bond acceptors (Lipinski definition) is 3. The molecule has 0 fully saturated rings. The van der Waals surface area contributed by atoms with Crippen molar-refractivity contribution >= 4 is 11.8 Å². The second kappa shape index (κ2) is 9.29. The van der Waals surface area contributed by atoms with Crippen LogP contribution in [0.3, 0.4) is 0 Å². The summed E-state index contributed by atoms with van der Waals surface area (Å²) in [6.45, 7) is 6.78. The minimum atomic E-state index is -0.580. The van der Waals surface area contributed by atoms with Gasteiger partial charge in [0.2, 0.25) is 5.91 Å². The van der Waals surface area contributed by atoms with Crippen LogP contribution in [0.5, 0.6) is 5.75 Å². The first-order valence-corrected chi connectivity index (χ1v) is 11.3. The molecule has 0 spiro atoms. The number of carbonyl (C=O) groups is 2. The number of ether oxygens (including phenoxy) is 1. The molecule has 2 N–H and O–H groups in total. The van der Waals surface area contributed by atoms with E-state index in [1.807, 2.05) is 36.4 Å². The molecule has 1 aliphatic rings. The molecule has 3 aromatic carbocycles. The highest BCUT2D eigenvalue weighted by Crippen LogP contribution is 2.47. The summed E-state index contributed by atoms with van der Waals surface area (Å²) < 4.78 is 19.6. The maximum Gasteiger partial charge on any atom is 0.251 e. The lowest BCUT2D eigenvalue weighted by atomic mass is 9.88. The second-order valence-electron chi connectivity index (χ2n) is 9.76. The quantitative estimate of drug-likeness (QED) is 0.548. The summed E-state index contributed by atoms with van der Waals surface area (Å²) in [5.41, 5.74) is 3.79. The lowest BCUT2D eigenvalue weighted by Gasteiger charge is -2.19. The van der Waals surface area contributed by atoms with Crippen molar-refractivity contribution in [1.82, 2.24) is 10.6 Å². The first-order chi connectivity index (χ1) is 16.2. The Morgan fingerprint density at radius 3 is 2.35 bits per heavy atom. The molecule has 3 aromatic rings. The number of benzene rings is 3. The van der Waals surface area contributed by atoms with Gasteiger partial charge in [0.1, 0.15) is 23.6 Å². The van der Waals surface area contributed by atoms with Crippen molar-refractivity contribution in [2.45, 2.75) is 32.8 Å². The third-order valence-corrected chi connectivity index (χ3v) is 5.87. The van der Waals surface area contributed by atoms with Crippen LogP contribution in [0.25, 0.3) is 11.1 Å². The zero-order valence-corrected chi connectivity index (χ0v) is 19.8. The molecule has 2 unspecified atom stereocenters. The van der Waals surface area contributed by atoms with Crippen molar-refractivity contribution in [2.24, 2.45) is 5.41 Å². The van der Waals surface area contributed by atoms with Gasteiger partial charge in [-0.1, -0.05) is 51.1 Å². The van der Waals surface area contributed by atoms with Gasteiger partial charge in [0.25, 0.3) is 5.91 Å². The Morgan fingerprint density at radius 1 is 0.971 bits per heavy atom. The predicted octanol–water partition coefficient (Wildman–Crippen LogP) is 5.23. The van der Waals surface area contributed by atoms with E-state index < -0.39 is 12.0 Å². The average Bonchev–Trinajstić information content (AvgIpc) is 3.21. The Bertz CT molecular complexity index is 1220. The zero-order valence-electron chi connectivity index (χ0n) is 19.8. The van der Waals surface area contributed by atoms with Crippen LogP contribution < -0.4 is 15.4 Å². The fraction of sp³-hybridized carbons (Fsp3) is 0.286. The normalized spacial score (nSPS) is 17.0. The number of hydrogen-bond donors (Lipinski definition) is 2. The fourth-order valence-electron chi connectivity index (χ4n) is 4.08. The van der Waals surface area contributed by atoms with Crippen LogP contribution in [0.1, 0.15) is 54.3 Å². The zero-order chi connectivity index (χ0) is 24.5. The van der Waals surface area contributed by atoms with Crippen LogP contribution in [0, 0.1) is 11.2 Å². The molecule has 2 amide bonds. The Kier molecular flexibility index (Phi) is 6.42.